The van der Waals surface area contributed by atoms with Crippen LogP contribution in [0.25, 0.3) is 0 Å². The molecule has 90 valence electrons. The molecular weight excluding hydrogens is 224 g/mol. The molecule has 0 aliphatic heterocycles. The number of nitrogens with one attached hydrogen (secondary N) is 1. The maximum atomic E-state index is 11.6. The minimum Gasteiger partial charge on any atom is -0.381 e. The van der Waals surface area contributed by atoms with Crippen LogP contribution in [0, 0.1) is 13.8 Å². The molecule has 1 aromatic rings. The third kappa shape index (κ3) is 3.02. The van der Waals surface area contributed by atoms with Gasteiger partial charge in [-0.05, 0) is 34.6 Å². The molecule has 0 saturated heterocycles. The van der Waals surface area contributed by atoms with Crippen molar-refractivity contribution in [2.24, 2.45) is 0 Å². The quantitative estimate of drug-likeness (QED) is 0.848. The summed E-state index contributed by atoms with van der Waals surface area (Å²) in [5, 5.41) is 13.3. The number of nitrogens with zero attached hydrogens (tertiary/aromatic N) is 1. The minimum atomic E-state index is -1.35. The van der Waals surface area contributed by atoms with Gasteiger partial charge in [0.05, 0.1) is 16.7 Å². The Morgan fingerprint density at radius 1 is 1.50 bits per heavy atom. The second-order valence-electron chi connectivity index (χ2n) is 4.44. The van der Waals surface area contributed by atoms with Crippen molar-refractivity contribution in [2.75, 3.05) is 0 Å². The second-order valence-corrected chi connectivity index (χ2v) is 5.67. The van der Waals surface area contributed by atoms with Gasteiger partial charge in [0.1, 0.15) is 5.60 Å². The maximum absolute atomic E-state index is 11.6. The Hall–Kier alpha value is -0.940. The molecule has 1 unspecified atom stereocenters. The van der Waals surface area contributed by atoms with Gasteiger partial charge >= 0.3 is 0 Å². The van der Waals surface area contributed by atoms with Crippen molar-refractivity contribution in [3.63, 3.8) is 0 Å². The first kappa shape index (κ1) is 13.1. The molecule has 1 rings (SSSR count). The van der Waals surface area contributed by atoms with Gasteiger partial charge < -0.3 is 10.4 Å². The van der Waals surface area contributed by atoms with E-state index in [2.05, 4.69) is 10.3 Å². The average Bonchev–Trinajstić information content (AvgIpc) is 2.43. The zero-order chi connectivity index (χ0) is 12.5. The van der Waals surface area contributed by atoms with E-state index in [9.17, 15) is 9.90 Å². The van der Waals surface area contributed by atoms with E-state index in [-0.39, 0.29) is 11.9 Å². The zero-order valence-electron chi connectivity index (χ0n) is 10.3. The van der Waals surface area contributed by atoms with E-state index >= 15 is 0 Å². The number of carbonyl (C=O) groups is 1. The van der Waals surface area contributed by atoms with Gasteiger partial charge in [-0.3, -0.25) is 4.79 Å². The Bertz CT molecular complexity index is 393. The molecule has 0 aromatic carbocycles. The molecule has 1 amide bonds. The van der Waals surface area contributed by atoms with E-state index in [4.69, 9.17) is 0 Å². The van der Waals surface area contributed by atoms with Crippen LogP contribution in [0.4, 0.5) is 0 Å². The monoisotopic (exact) mass is 242 g/mol. The lowest BCUT2D eigenvalue weighted by molar-refractivity contribution is -0.137. The highest BCUT2D eigenvalue weighted by molar-refractivity contribution is 7.11. The van der Waals surface area contributed by atoms with Crippen LogP contribution in [0.5, 0.6) is 0 Å². The molecule has 0 fully saturated rings. The van der Waals surface area contributed by atoms with E-state index in [0.717, 1.165) is 15.6 Å². The van der Waals surface area contributed by atoms with Crippen LogP contribution in [0.15, 0.2) is 0 Å². The lowest BCUT2D eigenvalue weighted by Gasteiger charge is -2.20. The summed E-state index contributed by atoms with van der Waals surface area (Å²) >= 11 is 1.57. The molecule has 0 radical (unpaired) electrons. The van der Waals surface area contributed by atoms with Crippen LogP contribution in [0.1, 0.15) is 42.4 Å². The number of hydrogen-bond acceptors (Lipinski definition) is 4. The molecule has 0 spiro atoms. The fourth-order valence-corrected chi connectivity index (χ4v) is 2.32. The molecule has 2 N–H and O–H groups in total. The first-order chi connectivity index (χ1) is 7.21. The fourth-order valence-electron chi connectivity index (χ4n) is 1.39. The van der Waals surface area contributed by atoms with Crippen LogP contribution in [0.3, 0.4) is 0 Å². The number of hydrogen-bond donors (Lipinski definition) is 2. The first-order valence-electron chi connectivity index (χ1n) is 5.19. The number of rotatable bonds is 3. The molecule has 1 atom stereocenters. The molecule has 5 heteroatoms. The van der Waals surface area contributed by atoms with Crippen molar-refractivity contribution in [3.05, 3.63) is 15.6 Å². The van der Waals surface area contributed by atoms with Crippen molar-refractivity contribution < 1.29 is 9.90 Å². The van der Waals surface area contributed by atoms with Crippen LogP contribution < -0.4 is 5.32 Å². The highest BCUT2D eigenvalue weighted by Crippen LogP contribution is 2.24. The molecule has 0 bridgehead atoms. The summed E-state index contributed by atoms with van der Waals surface area (Å²) in [6, 6.07) is -0.120. The fraction of sp³-hybridized carbons (Fsp3) is 0.636. The summed E-state index contributed by atoms with van der Waals surface area (Å²) in [4.78, 5) is 16.9. The first-order valence-corrected chi connectivity index (χ1v) is 6.00. The number of aryl methyl sites for hydroxylation is 2. The molecule has 0 aliphatic carbocycles. The van der Waals surface area contributed by atoms with Gasteiger partial charge in [-0.15, -0.1) is 11.3 Å². The van der Waals surface area contributed by atoms with Crippen LogP contribution in [-0.4, -0.2) is 21.6 Å². The third-order valence-corrected chi connectivity index (χ3v) is 3.49. The summed E-state index contributed by atoms with van der Waals surface area (Å²) in [6.07, 6.45) is 0. The predicted molar refractivity (Wildman–Crippen MR) is 64.4 cm³/mol. The number of amides is 1. The zero-order valence-corrected chi connectivity index (χ0v) is 11.1. The largest absolute Gasteiger partial charge is 0.381 e. The van der Waals surface area contributed by atoms with E-state index in [0.29, 0.717) is 0 Å². The lowest BCUT2D eigenvalue weighted by Crippen LogP contribution is -2.42. The highest BCUT2D eigenvalue weighted by atomic mass is 32.1. The molecular formula is C11H18N2O2S. The number of aromatic nitrogens is 1. The summed E-state index contributed by atoms with van der Waals surface area (Å²) in [7, 11) is 0. The molecule has 4 nitrogen and oxygen atoms in total. The van der Waals surface area contributed by atoms with Crippen molar-refractivity contribution in [2.45, 2.75) is 46.3 Å². The van der Waals surface area contributed by atoms with Crippen LogP contribution >= 0.6 is 11.3 Å². The number of carbonyl (C=O) groups excluding carboxylic acids is 1. The average molecular weight is 242 g/mol. The van der Waals surface area contributed by atoms with E-state index in [1.807, 2.05) is 20.8 Å². The molecule has 16 heavy (non-hydrogen) atoms. The summed E-state index contributed by atoms with van der Waals surface area (Å²) in [5.74, 6) is -0.370. The Morgan fingerprint density at radius 2 is 2.06 bits per heavy atom. The van der Waals surface area contributed by atoms with Crippen molar-refractivity contribution >= 4 is 17.2 Å². The Labute approximate surface area is 99.7 Å². The van der Waals surface area contributed by atoms with Crippen molar-refractivity contribution in [1.29, 1.82) is 0 Å². The second kappa shape index (κ2) is 4.51. The van der Waals surface area contributed by atoms with Gasteiger partial charge in [-0.25, -0.2) is 4.98 Å². The molecule has 0 saturated carbocycles. The maximum Gasteiger partial charge on any atom is 0.251 e. The Morgan fingerprint density at radius 3 is 2.44 bits per heavy atom. The van der Waals surface area contributed by atoms with Gasteiger partial charge in [0.15, 0.2) is 0 Å². The van der Waals surface area contributed by atoms with E-state index in [1.54, 1.807) is 11.3 Å². The van der Waals surface area contributed by atoms with E-state index < -0.39 is 5.60 Å². The van der Waals surface area contributed by atoms with Gasteiger partial charge in [0.2, 0.25) is 0 Å². The standard InChI is InChI=1S/C11H18N2O2S/c1-6-9(16-8(3)12-6)7(2)13-10(14)11(4,5)15/h7,15H,1-5H3,(H,13,14). The molecule has 1 heterocycles. The minimum absolute atomic E-state index is 0.120. The van der Waals surface area contributed by atoms with Gasteiger partial charge in [-0.1, -0.05) is 0 Å². The summed E-state index contributed by atoms with van der Waals surface area (Å²) in [6.45, 7) is 8.69. The van der Waals surface area contributed by atoms with Gasteiger partial charge in [0.25, 0.3) is 5.91 Å². The molecule has 1 aromatic heterocycles. The van der Waals surface area contributed by atoms with E-state index in [1.165, 1.54) is 13.8 Å². The summed E-state index contributed by atoms with van der Waals surface area (Å²) in [5.41, 5.74) is -0.409. The van der Waals surface area contributed by atoms with Gasteiger partial charge in [0, 0.05) is 4.88 Å². The SMILES string of the molecule is Cc1nc(C)c(C(C)NC(=O)C(C)(C)O)s1. The topological polar surface area (TPSA) is 62.2 Å². The van der Waals surface area contributed by atoms with Crippen molar-refractivity contribution in [3.8, 4) is 0 Å². The Kier molecular flexibility index (Phi) is 3.70. The smallest absolute Gasteiger partial charge is 0.251 e. The predicted octanol–water partition coefficient (Wildman–Crippen LogP) is 1.71. The normalized spacial score (nSPS) is 13.6. The van der Waals surface area contributed by atoms with Gasteiger partial charge in [-0.2, -0.15) is 0 Å². The number of thiazole rings is 1. The van der Waals surface area contributed by atoms with Crippen LogP contribution in [-0.2, 0) is 4.79 Å². The van der Waals surface area contributed by atoms with Crippen LogP contribution in [0.2, 0.25) is 0 Å². The summed E-state index contributed by atoms with van der Waals surface area (Å²) < 4.78 is 0. The third-order valence-electron chi connectivity index (χ3n) is 2.24. The van der Waals surface area contributed by atoms with Crippen molar-refractivity contribution in [1.82, 2.24) is 10.3 Å². The number of aliphatic hydroxyl groups is 1. The molecule has 0 aliphatic rings. The Balaban J connectivity index is 2.77. The lowest BCUT2D eigenvalue weighted by atomic mass is 10.1. The highest BCUT2D eigenvalue weighted by Gasteiger charge is 2.26.